The molecule has 8 rings (SSSR count). The Balaban J connectivity index is 1.12. The van der Waals surface area contributed by atoms with Gasteiger partial charge in [0.1, 0.15) is 11.0 Å². The van der Waals surface area contributed by atoms with E-state index in [2.05, 4.69) is 100 Å². The molecule has 0 spiro atoms. The highest BCUT2D eigenvalue weighted by Gasteiger charge is 2.19. The van der Waals surface area contributed by atoms with Crippen molar-refractivity contribution >= 4 is 90.8 Å². The summed E-state index contributed by atoms with van der Waals surface area (Å²) in [6.07, 6.45) is 0. The SMILES string of the molecule is Cc1ccc(-c2cc(C)c(-c3ccc(-c4ccc(-c5ccc(-c6sc(-c7ccc(C)s7)cc6C)s5)c5nsnc45)s3)s2)s1. The van der Waals surface area contributed by atoms with Gasteiger partial charge in [0.25, 0.3) is 0 Å². The van der Waals surface area contributed by atoms with E-state index in [0.29, 0.717) is 0 Å². The fourth-order valence-electron chi connectivity index (χ4n) is 5.30. The minimum Gasteiger partial charge on any atom is -0.172 e. The fourth-order valence-corrected chi connectivity index (χ4v) is 12.5. The van der Waals surface area contributed by atoms with Crippen LogP contribution in [-0.2, 0) is 0 Å². The largest absolute Gasteiger partial charge is 0.172 e. The van der Waals surface area contributed by atoms with Crippen molar-refractivity contribution in [2.75, 3.05) is 0 Å². The zero-order valence-corrected chi connectivity index (χ0v) is 29.4. The predicted molar refractivity (Wildman–Crippen MR) is 196 cm³/mol. The van der Waals surface area contributed by atoms with E-state index in [0.717, 1.165) is 22.2 Å². The molecule has 2 nitrogen and oxygen atoms in total. The second kappa shape index (κ2) is 11.0. The molecule has 9 heteroatoms. The molecule has 0 atom stereocenters. The highest BCUT2D eigenvalue weighted by atomic mass is 32.1. The molecule has 0 aliphatic heterocycles. The summed E-state index contributed by atoms with van der Waals surface area (Å²) in [5, 5.41) is 0. The van der Waals surface area contributed by atoms with Crippen LogP contribution in [0.25, 0.3) is 70.9 Å². The second-order valence-electron chi connectivity index (χ2n) is 10.5. The third-order valence-corrected chi connectivity index (χ3v) is 15.4. The Morgan fingerprint density at radius 3 is 1.23 bits per heavy atom. The van der Waals surface area contributed by atoms with Crippen LogP contribution in [0.15, 0.2) is 72.8 Å². The number of aromatic nitrogens is 2. The Kier molecular flexibility index (Phi) is 7.10. The topological polar surface area (TPSA) is 25.8 Å². The van der Waals surface area contributed by atoms with E-state index in [1.807, 2.05) is 68.0 Å². The van der Waals surface area contributed by atoms with E-state index in [9.17, 15) is 0 Å². The lowest BCUT2D eigenvalue weighted by Gasteiger charge is -2.03. The van der Waals surface area contributed by atoms with E-state index in [4.69, 9.17) is 8.75 Å². The standard InChI is InChI=1S/C34H24N2S7/c1-17-15-29(25-9-5-19(3)37-25)41-33(17)27-13-11-23(39-27)21-7-8-22(32-31(21)35-43-36-32)24-12-14-28(40-24)34-18(2)16-30(42-34)26-10-6-20(4)38-26/h5-16H,1-4H3. The highest BCUT2D eigenvalue weighted by Crippen LogP contribution is 2.47. The molecule has 7 aromatic heterocycles. The van der Waals surface area contributed by atoms with Crippen molar-refractivity contribution < 1.29 is 0 Å². The normalized spacial score (nSPS) is 11.7. The van der Waals surface area contributed by atoms with E-state index >= 15 is 0 Å². The van der Waals surface area contributed by atoms with Crippen molar-refractivity contribution in [2.24, 2.45) is 0 Å². The maximum Gasteiger partial charge on any atom is 0.114 e. The van der Waals surface area contributed by atoms with Gasteiger partial charge in [-0.1, -0.05) is 12.1 Å². The Bertz CT molecular complexity index is 2100. The molecule has 0 amide bonds. The maximum absolute atomic E-state index is 4.79. The molecule has 0 aliphatic carbocycles. The summed E-state index contributed by atoms with van der Waals surface area (Å²) >= 11 is 12.5. The van der Waals surface area contributed by atoms with Crippen molar-refractivity contribution in [2.45, 2.75) is 27.7 Å². The molecule has 212 valence electrons. The van der Waals surface area contributed by atoms with Crippen molar-refractivity contribution in [1.29, 1.82) is 0 Å². The first-order valence-corrected chi connectivity index (χ1v) is 19.3. The first kappa shape index (κ1) is 27.8. The highest BCUT2D eigenvalue weighted by molar-refractivity contribution is 7.28. The predicted octanol–water partition coefficient (Wildman–Crippen LogP) is 13.3. The molecule has 0 fully saturated rings. The lowest BCUT2D eigenvalue weighted by Crippen LogP contribution is -1.81. The average molecular weight is 685 g/mol. The van der Waals surface area contributed by atoms with Gasteiger partial charge in [-0.05, 0) is 99.5 Å². The lowest BCUT2D eigenvalue weighted by molar-refractivity contribution is 1.56. The van der Waals surface area contributed by atoms with Gasteiger partial charge < -0.3 is 0 Å². The Hall–Kier alpha value is -2.76. The quantitative estimate of drug-likeness (QED) is 0.174. The number of thiophene rings is 6. The lowest BCUT2D eigenvalue weighted by atomic mass is 10.1. The van der Waals surface area contributed by atoms with Crippen LogP contribution in [0.1, 0.15) is 20.9 Å². The van der Waals surface area contributed by atoms with Crippen LogP contribution in [0, 0.1) is 27.7 Å². The van der Waals surface area contributed by atoms with Crippen LogP contribution >= 0.6 is 79.7 Å². The van der Waals surface area contributed by atoms with Crippen molar-refractivity contribution in [3.8, 4) is 59.9 Å². The van der Waals surface area contributed by atoms with Crippen LogP contribution in [0.5, 0.6) is 0 Å². The number of benzene rings is 1. The van der Waals surface area contributed by atoms with Gasteiger partial charge in [-0.25, -0.2) is 0 Å². The first-order chi connectivity index (χ1) is 20.9. The molecule has 0 bridgehead atoms. The number of aryl methyl sites for hydroxylation is 4. The van der Waals surface area contributed by atoms with Gasteiger partial charge in [0.2, 0.25) is 0 Å². The summed E-state index contributed by atoms with van der Waals surface area (Å²) in [5.74, 6) is 0. The zero-order valence-electron chi connectivity index (χ0n) is 23.7. The molecule has 1 aromatic carbocycles. The third kappa shape index (κ3) is 5.01. The van der Waals surface area contributed by atoms with Crippen molar-refractivity contribution in [1.82, 2.24) is 8.75 Å². The summed E-state index contributed by atoms with van der Waals surface area (Å²) in [5.41, 5.74) is 6.98. The monoisotopic (exact) mass is 684 g/mol. The molecule has 0 radical (unpaired) electrons. The summed E-state index contributed by atoms with van der Waals surface area (Å²) in [4.78, 5) is 15.9. The Labute approximate surface area is 278 Å². The molecule has 8 aromatic rings. The van der Waals surface area contributed by atoms with Crippen molar-refractivity contribution in [3.63, 3.8) is 0 Å². The summed E-state index contributed by atoms with van der Waals surface area (Å²) in [6.45, 7) is 8.79. The minimum atomic E-state index is 0.992. The maximum atomic E-state index is 4.79. The van der Waals surface area contributed by atoms with Gasteiger partial charge in [-0.3, -0.25) is 0 Å². The summed E-state index contributed by atoms with van der Waals surface area (Å²) in [6, 6.07) is 27.1. The van der Waals surface area contributed by atoms with E-state index in [1.54, 1.807) is 0 Å². The third-order valence-electron chi connectivity index (χ3n) is 7.41. The number of rotatable bonds is 6. The van der Waals surface area contributed by atoms with Gasteiger partial charge in [0.15, 0.2) is 0 Å². The number of fused-ring (bicyclic) bond motifs is 1. The Morgan fingerprint density at radius 1 is 0.395 bits per heavy atom. The molecule has 0 saturated carbocycles. The first-order valence-electron chi connectivity index (χ1n) is 13.7. The summed E-state index contributed by atoms with van der Waals surface area (Å²) < 4.78 is 9.59. The molecule has 0 unspecified atom stereocenters. The molecule has 43 heavy (non-hydrogen) atoms. The van der Waals surface area contributed by atoms with Crippen LogP contribution < -0.4 is 0 Å². The van der Waals surface area contributed by atoms with Gasteiger partial charge in [0, 0.05) is 69.7 Å². The molecule has 0 N–H and O–H groups in total. The van der Waals surface area contributed by atoms with E-state index in [1.165, 1.54) is 81.4 Å². The number of nitrogens with zero attached hydrogens (tertiary/aromatic N) is 2. The van der Waals surface area contributed by atoms with Crippen molar-refractivity contribution in [3.05, 3.63) is 93.7 Å². The molecular formula is C34H24N2S7. The number of hydrogen-bond acceptors (Lipinski definition) is 9. The molecule has 0 saturated heterocycles. The average Bonchev–Trinajstić information content (AvgIpc) is 3.81. The summed E-state index contributed by atoms with van der Waals surface area (Å²) in [7, 11) is 0. The second-order valence-corrected chi connectivity index (χ2v) is 17.9. The molecule has 7 heterocycles. The van der Waals surface area contributed by atoms with Gasteiger partial charge in [-0.2, -0.15) is 8.75 Å². The van der Waals surface area contributed by atoms with Crippen LogP contribution in [0.4, 0.5) is 0 Å². The number of hydrogen-bond donors (Lipinski definition) is 0. The van der Waals surface area contributed by atoms with Gasteiger partial charge in [-0.15, -0.1) is 68.0 Å². The fraction of sp³-hybridized carbons (Fsp3) is 0.118. The van der Waals surface area contributed by atoms with E-state index < -0.39 is 0 Å². The van der Waals surface area contributed by atoms with Gasteiger partial charge >= 0.3 is 0 Å². The van der Waals surface area contributed by atoms with Crippen LogP contribution in [0.2, 0.25) is 0 Å². The van der Waals surface area contributed by atoms with Crippen LogP contribution in [0.3, 0.4) is 0 Å². The van der Waals surface area contributed by atoms with Crippen LogP contribution in [-0.4, -0.2) is 8.75 Å². The zero-order chi connectivity index (χ0) is 29.2. The minimum absolute atomic E-state index is 0.992. The molecule has 0 aliphatic rings. The molecular weight excluding hydrogens is 661 g/mol. The van der Waals surface area contributed by atoms with E-state index in [-0.39, 0.29) is 0 Å². The Morgan fingerprint density at radius 2 is 0.814 bits per heavy atom. The van der Waals surface area contributed by atoms with Gasteiger partial charge in [0.05, 0.1) is 11.7 Å². The smallest absolute Gasteiger partial charge is 0.114 e.